The van der Waals surface area contributed by atoms with Crippen LogP contribution in [0.4, 0.5) is 0 Å². The van der Waals surface area contributed by atoms with Gasteiger partial charge in [0.25, 0.3) is 5.56 Å². The second kappa shape index (κ2) is 7.76. The zero-order valence-corrected chi connectivity index (χ0v) is 14.8. The van der Waals surface area contributed by atoms with E-state index in [1.165, 1.54) is 24.1 Å². The summed E-state index contributed by atoms with van der Waals surface area (Å²) < 4.78 is 12.3. The van der Waals surface area contributed by atoms with Gasteiger partial charge in [-0.2, -0.15) is 0 Å². The molecule has 3 N–H and O–H groups in total. The summed E-state index contributed by atoms with van der Waals surface area (Å²) in [7, 11) is 0. The van der Waals surface area contributed by atoms with Crippen LogP contribution in [0, 0.1) is 11.8 Å². The van der Waals surface area contributed by atoms with Crippen molar-refractivity contribution >= 4 is 29.1 Å². The van der Waals surface area contributed by atoms with Crippen LogP contribution >= 0.6 is 0 Å². The molecule has 150 valence electrons. The number of carboxylic acid groups (broad SMARTS) is 2. The van der Waals surface area contributed by atoms with Crippen molar-refractivity contribution in [3.63, 3.8) is 0 Å². The Morgan fingerprint density at radius 1 is 1.21 bits per heavy atom. The summed E-state index contributed by atoms with van der Waals surface area (Å²) >= 11 is 0. The predicted molar refractivity (Wildman–Crippen MR) is 90.2 cm³/mol. The third-order valence-electron chi connectivity index (χ3n) is 4.62. The summed E-state index contributed by atoms with van der Waals surface area (Å²) in [6, 6.07) is 0. The number of rotatable bonds is 7. The quantitative estimate of drug-likeness (QED) is 0.532. The Labute approximate surface area is 157 Å². The lowest BCUT2D eigenvalue weighted by Gasteiger charge is -2.22. The van der Waals surface area contributed by atoms with Crippen LogP contribution in [0.5, 0.6) is 0 Å². The number of hydrogen-bond acceptors (Lipinski definition) is 8. The third-order valence-corrected chi connectivity index (χ3v) is 4.62. The number of aromatic nitrogens is 4. The molecule has 28 heavy (non-hydrogen) atoms. The molecule has 1 saturated heterocycles. The van der Waals surface area contributed by atoms with Crippen LogP contribution in [0.2, 0.25) is 0 Å². The van der Waals surface area contributed by atoms with E-state index in [0.717, 1.165) is 0 Å². The van der Waals surface area contributed by atoms with Crippen molar-refractivity contribution in [2.45, 2.75) is 32.1 Å². The maximum atomic E-state index is 11.9. The van der Waals surface area contributed by atoms with Gasteiger partial charge >= 0.3 is 17.9 Å². The molecule has 0 radical (unpaired) electrons. The lowest BCUT2D eigenvalue weighted by atomic mass is 9.84. The number of H-pyrrole nitrogens is 1. The van der Waals surface area contributed by atoms with Crippen LogP contribution in [-0.2, 0) is 23.9 Å². The summed E-state index contributed by atoms with van der Waals surface area (Å²) in [5.74, 6) is -4.36. The van der Waals surface area contributed by atoms with Crippen molar-refractivity contribution in [1.82, 2.24) is 19.5 Å². The lowest BCUT2D eigenvalue weighted by molar-refractivity contribution is -0.147. The number of aromatic amines is 1. The number of carbonyl (C=O) groups is 3. The molecule has 0 saturated carbocycles. The topological polar surface area (TPSA) is 174 Å². The highest BCUT2D eigenvalue weighted by Gasteiger charge is 2.48. The summed E-state index contributed by atoms with van der Waals surface area (Å²) in [4.78, 5) is 56.2. The van der Waals surface area contributed by atoms with Crippen molar-refractivity contribution in [2.75, 3.05) is 6.61 Å². The average molecular weight is 394 g/mol. The zero-order valence-electron chi connectivity index (χ0n) is 14.8. The standard InChI is InChI=1S/C16H18N4O8/c1-7(21)27-4-10-8(2-11(22)23)9(3-12(24)25)16(28-10)20-6-19-13-14(20)17-5-18-15(13)26/h5-6,8-10,16H,2-4H2,1H3,(H,22,23)(H,24,25)(H,17,18,26)/t8?,9?,10-,16?/m0/s1. The fourth-order valence-electron chi connectivity index (χ4n) is 3.49. The zero-order chi connectivity index (χ0) is 20.4. The van der Waals surface area contributed by atoms with E-state index in [2.05, 4.69) is 15.0 Å². The van der Waals surface area contributed by atoms with E-state index in [1.54, 1.807) is 0 Å². The molecule has 4 atom stereocenters. The minimum absolute atomic E-state index is 0.0402. The molecule has 2 aromatic rings. The van der Waals surface area contributed by atoms with Crippen LogP contribution in [0.15, 0.2) is 17.4 Å². The molecule has 0 aliphatic carbocycles. The Morgan fingerprint density at radius 3 is 2.54 bits per heavy atom. The van der Waals surface area contributed by atoms with Gasteiger partial charge in [0.2, 0.25) is 0 Å². The number of nitrogens with zero attached hydrogens (tertiary/aromatic N) is 3. The molecular weight excluding hydrogens is 376 g/mol. The van der Waals surface area contributed by atoms with Crippen molar-refractivity contribution < 1.29 is 34.1 Å². The van der Waals surface area contributed by atoms with Gasteiger partial charge in [-0.1, -0.05) is 0 Å². The predicted octanol–water partition coefficient (Wildman–Crippen LogP) is -0.238. The number of nitrogens with one attached hydrogen (secondary N) is 1. The SMILES string of the molecule is CC(=O)OC[C@@H]1OC(n2cnc3c(=O)[nH]cnc32)C(CC(=O)O)C1CC(=O)O. The molecule has 0 amide bonds. The molecule has 3 heterocycles. The van der Waals surface area contributed by atoms with Crippen molar-refractivity contribution in [2.24, 2.45) is 11.8 Å². The van der Waals surface area contributed by atoms with E-state index >= 15 is 0 Å². The Kier molecular flexibility index (Phi) is 5.40. The molecule has 1 fully saturated rings. The van der Waals surface area contributed by atoms with E-state index < -0.39 is 47.6 Å². The van der Waals surface area contributed by atoms with Gasteiger partial charge in [-0.15, -0.1) is 0 Å². The lowest BCUT2D eigenvalue weighted by Crippen LogP contribution is -2.29. The third kappa shape index (κ3) is 3.86. The molecule has 1 aliphatic heterocycles. The largest absolute Gasteiger partial charge is 0.481 e. The van der Waals surface area contributed by atoms with E-state index in [-0.39, 0.29) is 30.6 Å². The Bertz CT molecular complexity index is 967. The summed E-state index contributed by atoms with van der Waals surface area (Å²) in [6.45, 7) is 0.980. The van der Waals surface area contributed by atoms with Gasteiger partial charge in [0.1, 0.15) is 12.8 Å². The van der Waals surface area contributed by atoms with Crippen LogP contribution in [0.1, 0.15) is 26.0 Å². The molecule has 2 aromatic heterocycles. The highest BCUT2D eigenvalue weighted by molar-refractivity contribution is 5.70. The normalized spacial score (nSPS) is 24.3. The molecule has 0 aromatic carbocycles. The van der Waals surface area contributed by atoms with Crippen molar-refractivity contribution in [1.29, 1.82) is 0 Å². The van der Waals surface area contributed by atoms with Gasteiger partial charge in [-0.25, -0.2) is 9.97 Å². The first-order valence-corrected chi connectivity index (χ1v) is 8.40. The molecule has 3 unspecified atom stereocenters. The Morgan fingerprint density at radius 2 is 1.89 bits per heavy atom. The van der Waals surface area contributed by atoms with Crippen LogP contribution < -0.4 is 5.56 Å². The molecule has 0 bridgehead atoms. The van der Waals surface area contributed by atoms with Crippen molar-refractivity contribution in [3.8, 4) is 0 Å². The number of hydrogen-bond donors (Lipinski definition) is 3. The van der Waals surface area contributed by atoms with Gasteiger partial charge in [-0.05, 0) is 0 Å². The van der Waals surface area contributed by atoms with Crippen LogP contribution in [-0.4, -0.2) is 60.4 Å². The fraction of sp³-hybridized carbons (Fsp3) is 0.500. The second-order valence-electron chi connectivity index (χ2n) is 6.45. The van der Waals surface area contributed by atoms with Crippen LogP contribution in [0.25, 0.3) is 11.2 Å². The number of aliphatic carboxylic acids is 2. The molecule has 12 nitrogen and oxygen atoms in total. The molecule has 3 rings (SSSR count). The molecule has 12 heteroatoms. The number of imidazole rings is 1. The first-order chi connectivity index (χ1) is 13.3. The van der Waals surface area contributed by atoms with Gasteiger partial charge in [-0.3, -0.25) is 23.7 Å². The van der Waals surface area contributed by atoms with Crippen LogP contribution in [0.3, 0.4) is 0 Å². The summed E-state index contributed by atoms with van der Waals surface area (Å²) in [5, 5.41) is 18.6. The molecule has 0 spiro atoms. The first kappa shape index (κ1) is 19.5. The van der Waals surface area contributed by atoms with Gasteiger partial charge in [0, 0.05) is 18.8 Å². The highest BCUT2D eigenvalue weighted by Crippen LogP contribution is 2.44. The minimum Gasteiger partial charge on any atom is -0.481 e. The average Bonchev–Trinajstić information content (AvgIpc) is 3.16. The Hall–Kier alpha value is -3.28. The summed E-state index contributed by atoms with van der Waals surface area (Å²) in [5.41, 5.74) is -0.264. The van der Waals surface area contributed by atoms with Gasteiger partial charge in [0.05, 0.1) is 31.6 Å². The van der Waals surface area contributed by atoms with Crippen molar-refractivity contribution in [3.05, 3.63) is 23.0 Å². The van der Waals surface area contributed by atoms with E-state index in [4.69, 9.17) is 9.47 Å². The number of ether oxygens (including phenoxy) is 2. The monoisotopic (exact) mass is 394 g/mol. The maximum absolute atomic E-state index is 11.9. The maximum Gasteiger partial charge on any atom is 0.303 e. The first-order valence-electron chi connectivity index (χ1n) is 8.40. The Balaban J connectivity index is 2.02. The van der Waals surface area contributed by atoms with E-state index in [1.807, 2.05) is 0 Å². The van der Waals surface area contributed by atoms with E-state index in [0.29, 0.717) is 0 Å². The van der Waals surface area contributed by atoms with E-state index in [9.17, 15) is 29.4 Å². The van der Waals surface area contributed by atoms with Gasteiger partial charge < -0.3 is 24.7 Å². The smallest absolute Gasteiger partial charge is 0.303 e. The van der Waals surface area contributed by atoms with Gasteiger partial charge in [0.15, 0.2) is 11.2 Å². The number of fused-ring (bicyclic) bond motifs is 1. The molecule has 1 aliphatic rings. The summed E-state index contributed by atoms with van der Waals surface area (Å²) in [6.07, 6.45) is -0.0783. The molecular formula is C16H18N4O8. The highest BCUT2D eigenvalue weighted by atomic mass is 16.6. The number of carbonyl (C=O) groups excluding carboxylic acids is 1. The number of esters is 1. The second-order valence-corrected chi connectivity index (χ2v) is 6.45. The minimum atomic E-state index is -1.14. The fourth-order valence-corrected chi connectivity index (χ4v) is 3.49. The number of carboxylic acids is 2.